The molecule has 0 aliphatic rings. The number of carbonyl (C=O) groups is 3. The van der Waals surface area contributed by atoms with Crippen molar-refractivity contribution in [3.8, 4) is 0 Å². The van der Waals surface area contributed by atoms with Crippen molar-refractivity contribution in [2.45, 2.75) is 12.7 Å². The van der Waals surface area contributed by atoms with Crippen molar-refractivity contribution < 1.29 is 32.3 Å². The molecule has 2 aromatic carbocycles. The van der Waals surface area contributed by atoms with Crippen LogP contribution in [0.15, 0.2) is 53.3 Å². The number of carbonyl (C=O) groups excluding carboxylic acids is 3. The summed E-state index contributed by atoms with van der Waals surface area (Å²) in [5.74, 6) is -1.94. The van der Waals surface area contributed by atoms with Crippen LogP contribution in [0.3, 0.4) is 0 Å². The quantitative estimate of drug-likeness (QED) is 0.472. The van der Waals surface area contributed by atoms with Crippen molar-refractivity contribution in [2.75, 3.05) is 13.2 Å². The molecule has 0 unspecified atom stereocenters. The van der Waals surface area contributed by atoms with Gasteiger partial charge in [-0.15, -0.1) is 0 Å². The molecule has 0 saturated heterocycles. The maximum Gasteiger partial charge on any atom is 0.405 e. The van der Waals surface area contributed by atoms with Crippen LogP contribution in [-0.2, 0) is 20.9 Å². The van der Waals surface area contributed by atoms with Crippen LogP contribution in [0, 0.1) is 0 Å². The van der Waals surface area contributed by atoms with E-state index in [-0.39, 0.29) is 12.0 Å². The summed E-state index contributed by atoms with van der Waals surface area (Å²) in [5, 5.41) is 3.87. The number of alkyl halides is 3. The maximum absolute atomic E-state index is 12.7. The maximum atomic E-state index is 12.7. The summed E-state index contributed by atoms with van der Waals surface area (Å²) in [5.41, 5.74) is 0.776. The zero-order valence-corrected chi connectivity index (χ0v) is 15.9. The molecule has 8 nitrogen and oxygen atoms in total. The van der Waals surface area contributed by atoms with Crippen molar-refractivity contribution in [1.29, 1.82) is 0 Å². The van der Waals surface area contributed by atoms with Crippen LogP contribution in [0.2, 0.25) is 0 Å². The van der Waals surface area contributed by atoms with E-state index in [1.807, 2.05) is 0 Å². The molecule has 3 aromatic rings. The number of halogens is 3. The number of hydrogen-bond donors (Lipinski definition) is 2. The van der Waals surface area contributed by atoms with Crippen LogP contribution in [0.25, 0.3) is 21.8 Å². The molecule has 1 heterocycles. The van der Waals surface area contributed by atoms with Gasteiger partial charge >= 0.3 is 18.2 Å². The summed E-state index contributed by atoms with van der Waals surface area (Å²) >= 11 is 0. The zero-order valence-electron chi connectivity index (χ0n) is 15.9. The predicted molar refractivity (Wildman–Crippen MR) is 104 cm³/mol. The van der Waals surface area contributed by atoms with Crippen LogP contribution in [0.4, 0.5) is 18.0 Å². The Morgan fingerprint density at radius 2 is 1.48 bits per heavy atom. The minimum absolute atomic E-state index is 0.194. The first-order valence-electron chi connectivity index (χ1n) is 8.96. The Hall–Kier alpha value is -3.89. The van der Waals surface area contributed by atoms with E-state index in [2.05, 4.69) is 0 Å². The highest BCUT2D eigenvalue weighted by atomic mass is 19.4. The lowest BCUT2D eigenvalue weighted by atomic mass is 10.1. The molecule has 0 spiro atoms. The Morgan fingerprint density at radius 1 is 0.935 bits per heavy atom. The Balaban J connectivity index is 1.70. The van der Waals surface area contributed by atoms with Crippen molar-refractivity contribution >= 4 is 39.7 Å². The summed E-state index contributed by atoms with van der Waals surface area (Å²) in [4.78, 5) is 47.8. The number of benzene rings is 2. The standard InChI is InChI=1S/C20H16F3N3O5/c21-20(22,23)11-24-19(30)25-16(27)10-31-17(28)9-26-14-7-3-1-5-12(14)18(29)13-6-2-4-8-15(13)26/h1-8H,9-11H2,(H2,24,25,27,30). The van der Waals surface area contributed by atoms with Gasteiger partial charge in [0.05, 0.1) is 11.0 Å². The predicted octanol–water partition coefficient (Wildman–Crippen LogP) is 2.09. The van der Waals surface area contributed by atoms with Gasteiger partial charge in [0.2, 0.25) is 0 Å². The Bertz CT molecular complexity index is 1160. The van der Waals surface area contributed by atoms with Gasteiger partial charge in [0.15, 0.2) is 12.0 Å². The second-order valence-electron chi connectivity index (χ2n) is 6.46. The normalized spacial score (nSPS) is 11.3. The average Bonchev–Trinajstić information content (AvgIpc) is 2.73. The second-order valence-corrected chi connectivity index (χ2v) is 6.46. The molecule has 0 saturated carbocycles. The lowest BCUT2D eigenvalue weighted by Crippen LogP contribution is -2.44. The third kappa shape index (κ3) is 5.38. The number of ether oxygens (including phenoxy) is 1. The molecule has 2 N–H and O–H groups in total. The molecule has 11 heteroatoms. The number of nitrogens with one attached hydrogen (secondary N) is 2. The van der Waals surface area contributed by atoms with Gasteiger partial charge in [-0.2, -0.15) is 13.2 Å². The monoisotopic (exact) mass is 435 g/mol. The molecule has 162 valence electrons. The van der Waals surface area contributed by atoms with Crippen molar-refractivity contribution in [3.05, 3.63) is 58.8 Å². The molecule has 3 amide bonds. The molecule has 0 aliphatic heterocycles. The molecule has 3 rings (SSSR count). The van der Waals surface area contributed by atoms with Crippen LogP contribution in [-0.4, -0.2) is 41.8 Å². The SMILES string of the molecule is O=C(COC(=O)Cn1c2ccccc2c(=O)c2ccccc21)NC(=O)NCC(F)(F)F. The minimum Gasteiger partial charge on any atom is -0.454 e. The first-order valence-corrected chi connectivity index (χ1v) is 8.96. The zero-order chi connectivity index (χ0) is 22.6. The number of esters is 1. The summed E-state index contributed by atoms with van der Waals surface area (Å²) in [6.07, 6.45) is -4.63. The van der Waals surface area contributed by atoms with Crippen LogP contribution >= 0.6 is 0 Å². The largest absolute Gasteiger partial charge is 0.454 e. The number of amides is 3. The smallest absolute Gasteiger partial charge is 0.405 e. The summed E-state index contributed by atoms with van der Waals surface area (Å²) in [6.45, 7) is -2.82. The van der Waals surface area contributed by atoms with E-state index in [1.54, 1.807) is 58.4 Å². The fourth-order valence-corrected chi connectivity index (χ4v) is 2.96. The van der Waals surface area contributed by atoms with Gasteiger partial charge in [0, 0.05) is 10.8 Å². The Labute approximate surface area is 172 Å². The van der Waals surface area contributed by atoms with Crippen molar-refractivity contribution in [2.24, 2.45) is 0 Å². The van der Waals surface area contributed by atoms with Gasteiger partial charge in [-0.05, 0) is 24.3 Å². The van der Waals surface area contributed by atoms with Crippen LogP contribution in [0.1, 0.15) is 0 Å². The first-order chi connectivity index (χ1) is 14.7. The highest BCUT2D eigenvalue weighted by Crippen LogP contribution is 2.19. The van der Waals surface area contributed by atoms with E-state index in [0.717, 1.165) is 0 Å². The van der Waals surface area contributed by atoms with Gasteiger partial charge in [0.25, 0.3) is 5.91 Å². The number of rotatable bonds is 5. The van der Waals surface area contributed by atoms with Crippen molar-refractivity contribution in [1.82, 2.24) is 15.2 Å². The highest BCUT2D eigenvalue weighted by molar-refractivity contribution is 5.96. The van der Waals surface area contributed by atoms with E-state index in [9.17, 15) is 32.3 Å². The third-order valence-electron chi connectivity index (χ3n) is 4.23. The fraction of sp³-hybridized carbons (Fsp3) is 0.200. The van der Waals surface area contributed by atoms with Crippen LogP contribution < -0.4 is 16.1 Å². The second kappa shape index (κ2) is 8.86. The van der Waals surface area contributed by atoms with Crippen LogP contribution in [0.5, 0.6) is 0 Å². The van der Waals surface area contributed by atoms with E-state index in [0.29, 0.717) is 21.8 Å². The highest BCUT2D eigenvalue weighted by Gasteiger charge is 2.28. The van der Waals surface area contributed by atoms with Crippen molar-refractivity contribution in [3.63, 3.8) is 0 Å². The number of pyridine rings is 1. The number of aromatic nitrogens is 1. The molecule has 0 radical (unpaired) electrons. The lowest BCUT2D eigenvalue weighted by Gasteiger charge is -2.14. The summed E-state index contributed by atoms with van der Waals surface area (Å²) in [6, 6.07) is 12.0. The fourth-order valence-electron chi connectivity index (χ4n) is 2.96. The van der Waals surface area contributed by atoms with Gasteiger partial charge in [-0.3, -0.25) is 19.7 Å². The molecular weight excluding hydrogens is 419 g/mol. The van der Waals surface area contributed by atoms with Gasteiger partial charge < -0.3 is 14.6 Å². The van der Waals surface area contributed by atoms with E-state index >= 15 is 0 Å². The number of fused-ring (bicyclic) bond motifs is 2. The lowest BCUT2D eigenvalue weighted by molar-refractivity contribution is -0.148. The molecule has 0 atom stereocenters. The minimum atomic E-state index is -4.63. The molecule has 0 aliphatic carbocycles. The topological polar surface area (TPSA) is 106 Å². The number of urea groups is 1. The van der Waals surface area contributed by atoms with E-state index in [4.69, 9.17) is 4.74 Å². The Kier molecular flexibility index (Phi) is 6.23. The molecule has 1 aromatic heterocycles. The van der Waals surface area contributed by atoms with Gasteiger partial charge in [0.1, 0.15) is 13.1 Å². The summed E-state index contributed by atoms with van der Waals surface area (Å²) in [7, 11) is 0. The number of nitrogens with zero attached hydrogens (tertiary/aromatic N) is 1. The van der Waals surface area contributed by atoms with Gasteiger partial charge in [-0.1, -0.05) is 24.3 Å². The average molecular weight is 435 g/mol. The van der Waals surface area contributed by atoms with E-state index < -0.39 is 37.2 Å². The Morgan fingerprint density at radius 3 is 2.03 bits per heavy atom. The molecule has 31 heavy (non-hydrogen) atoms. The van der Waals surface area contributed by atoms with Gasteiger partial charge in [-0.25, -0.2) is 4.79 Å². The number of hydrogen-bond acceptors (Lipinski definition) is 5. The molecule has 0 bridgehead atoms. The molecule has 0 fully saturated rings. The molecular formula is C20H16F3N3O5. The van der Waals surface area contributed by atoms with E-state index in [1.165, 1.54) is 5.32 Å². The summed E-state index contributed by atoms with van der Waals surface area (Å²) < 4.78 is 42.5. The number of imide groups is 1. The third-order valence-corrected chi connectivity index (χ3v) is 4.23. The first kappa shape index (κ1) is 21.8. The number of para-hydroxylation sites is 2.